The highest BCUT2D eigenvalue weighted by Crippen LogP contribution is 2.15. The standard InChI is InChI=1S/C13H26O2/c1-7-12(6)13(8-14-10(2)3)9-15-11(4)5/h7,10-13H,1,8-9H2,2-6H3. The van der Waals surface area contributed by atoms with Crippen molar-refractivity contribution in [3.63, 3.8) is 0 Å². The van der Waals surface area contributed by atoms with Gasteiger partial charge in [-0.25, -0.2) is 0 Å². The largest absolute Gasteiger partial charge is 0.378 e. The first kappa shape index (κ1) is 14.7. The van der Waals surface area contributed by atoms with E-state index >= 15 is 0 Å². The van der Waals surface area contributed by atoms with E-state index in [1.807, 2.05) is 6.08 Å². The summed E-state index contributed by atoms with van der Waals surface area (Å²) < 4.78 is 11.3. The van der Waals surface area contributed by atoms with E-state index in [-0.39, 0.29) is 12.2 Å². The van der Waals surface area contributed by atoms with Crippen LogP contribution in [0.3, 0.4) is 0 Å². The fraction of sp³-hybridized carbons (Fsp3) is 0.846. The molecule has 15 heavy (non-hydrogen) atoms. The van der Waals surface area contributed by atoms with Gasteiger partial charge in [0.25, 0.3) is 0 Å². The molecule has 0 amide bonds. The molecular formula is C13H26O2. The third kappa shape index (κ3) is 7.57. The van der Waals surface area contributed by atoms with E-state index in [0.717, 1.165) is 13.2 Å². The molecule has 2 heteroatoms. The second-order valence-electron chi connectivity index (χ2n) is 4.62. The topological polar surface area (TPSA) is 18.5 Å². The van der Waals surface area contributed by atoms with E-state index in [1.165, 1.54) is 0 Å². The molecule has 0 spiro atoms. The number of ether oxygens (including phenoxy) is 2. The average molecular weight is 214 g/mol. The van der Waals surface area contributed by atoms with Gasteiger partial charge in [0.15, 0.2) is 0 Å². The summed E-state index contributed by atoms with van der Waals surface area (Å²) in [4.78, 5) is 0. The Hall–Kier alpha value is -0.340. The molecule has 0 aliphatic carbocycles. The Labute approximate surface area is 94.7 Å². The summed E-state index contributed by atoms with van der Waals surface area (Å²) in [6.45, 7) is 15.7. The highest BCUT2D eigenvalue weighted by molar-refractivity contribution is 4.81. The molecule has 0 saturated heterocycles. The van der Waals surface area contributed by atoms with E-state index in [1.54, 1.807) is 0 Å². The van der Waals surface area contributed by atoms with Crippen LogP contribution in [0.4, 0.5) is 0 Å². The van der Waals surface area contributed by atoms with Crippen LogP contribution in [0.1, 0.15) is 34.6 Å². The molecule has 0 N–H and O–H groups in total. The van der Waals surface area contributed by atoms with Crippen molar-refractivity contribution in [1.29, 1.82) is 0 Å². The number of hydrogen-bond donors (Lipinski definition) is 0. The highest BCUT2D eigenvalue weighted by Gasteiger charge is 2.16. The van der Waals surface area contributed by atoms with E-state index in [9.17, 15) is 0 Å². The smallest absolute Gasteiger partial charge is 0.0525 e. The van der Waals surface area contributed by atoms with Gasteiger partial charge in [-0.05, 0) is 33.6 Å². The van der Waals surface area contributed by atoms with Gasteiger partial charge in [-0.15, -0.1) is 6.58 Å². The molecule has 1 atom stereocenters. The molecule has 0 aliphatic heterocycles. The van der Waals surface area contributed by atoms with Crippen LogP contribution in [0.15, 0.2) is 12.7 Å². The SMILES string of the molecule is C=CC(C)C(COC(C)C)COC(C)C. The Morgan fingerprint density at radius 3 is 1.60 bits per heavy atom. The minimum Gasteiger partial charge on any atom is -0.378 e. The van der Waals surface area contributed by atoms with Crippen molar-refractivity contribution >= 4 is 0 Å². The van der Waals surface area contributed by atoms with Gasteiger partial charge in [0.05, 0.1) is 25.4 Å². The van der Waals surface area contributed by atoms with Crippen LogP contribution in [0.5, 0.6) is 0 Å². The summed E-state index contributed by atoms with van der Waals surface area (Å²) in [7, 11) is 0. The van der Waals surface area contributed by atoms with E-state index in [2.05, 4.69) is 41.2 Å². The van der Waals surface area contributed by atoms with Crippen LogP contribution in [-0.2, 0) is 9.47 Å². The molecule has 0 saturated carbocycles. The van der Waals surface area contributed by atoms with E-state index in [0.29, 0.717) is 11.8 Å². The van der Waals surface area contributed by atoms with Crippen LogP contribution in [0.2, 0.25) is 0 Å². The van der Waals surface area contributed by atoms with Gasteiger partial charge >= 0.3 is 0 Å². The Bertz CT molecular complexity index is 152. The molecule has 0 fully saturated rings. The Balaban J connectivity index is 4.00. The predicted octanol–water partition coefficient (Wildman–Crippen LogP) is 3.27. The quantitative estimate of drug-likeness (QED) is 0.577. The van der Waals surface area contributed by atoms with E-state index < -0.39 is 0 Å². The van der Waals surface area contributed by atoms with Crippen LogP contribution in [-0.4, -0.2) is 25.4 Å². The van der Waals surface area contributed by atoms with Crippen LogP contribution in [0.25, 0.3) is 0 Å². The zero-order valence-electron chi connectivity index (χ0n) is 10.8. The van der Waals surface area contributed by atoms with Crippen molar-refractivity contribution in [2.75, 3.05) is 13.2 Å². The van der Waals surface area contributed by atoms with Crippen LogP contribution < -0.4 is 0 Å². The van der Waals surface area contributed by atoms with Crippen molar-refractivity contribution in [3.05, 3.63) is 12.7 Å². The third-order valence-corrected chi connectivity index (χ3v) is 2.40. The minimum atomic E-state index is 0.281. The summed E-state index contributed by atoms with van der Waals surface area (Å²) >= 11 is 0. The number of allylic oxidation sites excluding steroid dienone is 1. The zero-order chi connectivity index (χ0) is 11.8. The average Bonchev–Trinajstić information content (AvgIpc) is 2.16. The first-order valence-electron chi connectivity index (χ1n) is 5.83. The Morgan fingerprint density at radius 2 is 1.33 bits per heavy atom. The van der Waals surface area contributed by atoms with Gasteiger partial charge in [0.1, 0.15) is 0 Å². The van der Waals surface area contributed by atoms with Gasteiger partial charge in [-0.2, -0.15) is 0 Å². The van der Waals surface area contributed by atoms with E-state index in [4.69, 9.17) is 9.47 Å². The van der Waals surface area contributed by atoms with Gasteiger partial charge in [0, 0.05) is 5.92 Å². The fourth-order valence-electron chi connectivity index (χ4n) is 1.18. The first-order valence-corrected chi connectivity index (χ1v) is 5.83. The van der Waals surface area contributed by atoms with Crippen molar-refractivity contribution in [1.82, 2.24) is 0 Å². The third-order valence-electron chi connectivity index (χ3n) is 2.40. The molecule has 0 radical (unpaired) electrons. The second kappa shape index (κ2) is 7.89. The summed E-state index contributed by atoms with van der Waals surface area (Å²) in [5.74, 6) is 0.842. The lowest BCUT2D eigenvalue weighted by Crippen LogP contribution is -2.25. The van der Waals surface area contributed by atoms with Crippen molar-refractivity contribution in [3.8, 4) is 0 Å². The predicted molar refractivity (Wildman–Crippen MR) is 65.0 cm³/mol. The van der Waals surface area contributed by atoms with Gasteiger partial charge in [-0.3, -0.25) is 0 Å². The molecule has 0 aromatic carbocycles. The lowest BCUT2D eigenvalue weighted by Gasteiger charge is -2.23. The molecular weight excluding hydrogens is 188 g/mol. The number of hydrogen-bond acceptors (Lipinski definition) is 2. The molecule has 0 heterocycles. The highest BCUT2D eigenvalue weighted by atomic mass is 16.5. The summed E-state index contributed by atoms with van der Waals surface area (Å²) in [5, 5.41) is 0. The van der Waals surface area contributed by atoms with Gasteiger partial charge < -0.3 is 9.47 Å². The fourth-order valence-corrected chi connectivity index (χ4v) is 1.18. The molecule has 2 nitrogen and oxygen atoms in total. The molecule has 0 rings (SSSR count). The Kier molecular flexibility index (Phi) is 7.71. The normalized spacial score (nSPS) is 13.9. The van der Waals surface area contributed by atoms with Gasteiger partial charge in [0.2, 0.25) is 0 Å². The number of rotatable bonds is 8. The maximum atomic E-state index is 5.63. The van der Waals surface area contributed by atoms with Crippen molar-refractivity contribution < 1.29 is 9.47 Å². The Morgan fingerprint density at radius 1 is 0.933 bits per heavy atom. The van der Waals surface area contributed by atoms with Crippen molar-refractivity contribution in [2.45, 2.75) is 46.8 Å². The minimum absolute atomic E-state index is 0.281. The molecule has 0 bridgehead atoms. The maximum Gasteiger partial charge on any atom is 0.0525 e. The monoisotopic (exact) mass is 214 g/mol. The molecule has 0 aromatic heterocycles. The zero-order valence-corrected chi connectivity index (χ0v) is 10.8. The van der Waals surface area contributed by atoms with Gasteiger partial charge in [-0.1, -0.05) is 13.0 Å². The summed E-state index contributed by atoms with van der Waals surface area (Å²) in [6, 6.07) is 0. The molecule has 90 valence electrons. The van der Waals surface area contributed by atoms with Crippen LogP contribution >= 0.6 is 0 Å². The summed E-state index contributed by atoms with van der Waals surface area (Å²) in [6.07, 6.45) is 2.53. The van der Waals surface area contributed by atoms with Crippen LogP contribution in [0, 0.1) is 11.8 Å². The maximum absolute atomic E-state index is 5.63. The lowest BCUT2D eigenvalue weighted by molar-refractivity contribution is -0.0136. The first-order chi connectivity index (χ1) is 6.97. The summed E-state index contributed by atoms with van der Waals surface area (Å²) in [5.41, 5.74) is 0. The van der Waals surface area contributed by atoms with Crippen molar-refractivity contribution in [2.24, 2.45) is 11.8 Å². The molecule has 1 unspecified atom stereocenters. The molecule has 0 aromatic rings. The molecule has 0 aliphatic rings. The lowest BCUT2D eigenvalue weighted by atomic mass is 9.96. The second-order valence-corrected chi connectivity index (χ2v) is 4.62.